The van der Waals surface area contributed by atoms with Crippen molar-refractivity contribution in [2.75, 3.05) is 25.2 Å². The second-order valence-electron chi connectivity index (χ2n) is 3.78. The van der Waals surface area contributed by atoms with Gasteiger partial charge in [-0.15, -0.1) is 0 Å². The van der Waals surface area contributed by atoms with E-state index in [-0.39, 0.29) is 12.4 Å². The zero-order valence-corrected chi connectivity index (χ0v) is 11.2. The Hall–Kier alpha value is -0.780. The Morgan fingerprint density at radius 1 is 1.41 bits per heavy atom. The molecule has 0 unspecified atom stereocenters. The summed E-state index contributed by atoms with van der Waals surface area (Å²) in [6.45, 7) is 0.666. The lowest BCUT2D eigenvalue weighted by molar-refractivity contribution is 0.341. The highest BCUT2D eigenvalue weighted by Gasteiger charge is 2.06. The van der Waals surface area contributed by atoms with Gasteiger partial charge in [-0.2, -0.15) is 0 Å². The summed E-state index contributed by atoms with van der Waals surface area (Å²) >= 11 is 6.00. The molecule has 0 aliphatic carbocycles. The molecule has 2 N–H and O–H groups in total. The molecule has 1 aromatic carbocycles. The summed E-state index contributed by atoms with van der Waals surface area (Å²) in [7, 11) is -3.01. The van der Waals surface area contributed by atoms with Gasteiger partial charge in [0.25, 0.3) is 0 Å². The topological polar surface area (TPSA) is 69.4 Å². The average Bonchev–Trinajstić information content (AvgIpc) is 2.20. The van der Waals surface area contributed by atoms with E-state index in [1.54, 1.807) is 12.1 Å². The first-order valence-corrected chi connectivity index (χ1v) is 7.65. The molecule has 0 saturated carbocycles. The van der Waals surface area contributed by atoms with Crippen LogP contribution in [-0.4, -0.2) is 33.6 Å². The van der Waals surface area contributed by atoms with Crippen molar-refractivity contribution in [3.05, 3.63) is 28.8 Å². The number of benzene rings is 1. The van der Waals surface area contributed by atoms with Crippen LogP contribution in [0.25, 0.3) is 0 Å². The average molecular weight is 278 g/mol. The molecule has 6 heteroatoms. The maximum Gasteiger partial charge on any atom is 0.150 e. The molecule has 0 saturated heterocycles. The van der Waals surface area contributed by atoms with Crippen molar-refractivity contribution in [2.45, 2.75) is 6.42 Å². The van der Waals surface area contributed by atoms with E-state index in [0.717, 1.165) is 12.0 Å². The van der Waals surface area contributed by atoms with Gasteiger partial charge in [-0.1, -0.05) is 17.7 Å². The molecule has 0 radical (unpaired) electrons. The van der Waals surface area contributed by atoms with Gasteiger partial charge >= 0.3 is 0 Å². The van der Waals surface area contributed by atoms with E-state index in [1.807, 2.05) is 6.07 Å². The Labute approximate surface area is 107 Å². The van der Waals surface area contributed by atoms with Gasteiger partial charge in [0, 0.05) is 6.26 Å². The van der Waals surface area contributed by atoms with Crippen LogP contribution in [0.2, 0.25) is 5.02 Å². The van der Waals surface area contributed by atoms with Gasteiger partial charge in [0.05, 0.1) is 10.8 Å². The number of halogens is 1. The van der Waals surface area contributed by atoms with Gasteiger partial charge in [-0.25, -0.2) is 8.42 Å². The predicted octanol–water partition coefficient (Wildman–Crippen LogP) is 1.26. The van der Waals surface area contributed by atoms with Crippen molar-refractivity contribution in [3.8, 4) is 5.75 Å². The molecule has 0 atom stereocenters. The quantitative estimate of drug-likeness (QED) is 0.850. The van der Waals surface area contributed by atoms with Crippen LogP contribution in [0, 0.1) is 0 Å². The number of sulfone groups is 1. The van der Waals surface area contributed by atoms with Crippen LogP contribution in [0.1, 0.15) is 5.56 Å². The van der Waals surface area contributed by atoms with Crippen molar-refractivity contribution < 1.29 is 13.2 Å². The van der Waals surface area contributed by atoms with Crippen molar-refractivity contribution in [1.82, 2.24) is 0 Å². The maximum absolute atomic E-state index is 10.9. The molecular formula is C11H16ClNO3S. The van der Waals surface area contributed by atoms with E-state index >= 15 is 0 Å². The Bertz CT molecular complexity index is 474. The van der Waals surface area contributed by atoms with Crippen LogP contribution in [-0.2, 0) is 16.3 Å². The summed E-state index contributed by atoms with van der Waals surface area (Å²) in [6.07, 6.45) is 1.92. The van der Waals surface area contributed by atoms with Gasteiger partial charge in [-0.3, -0.25) is 0 Å². The zero-order valence-electron chi connectivity index (χ0n) is 9.65. The SMILES string of the molecule is CS(=O)(=O)CCOc1ccc(CCN)cc1Cl. The smallest absolute Gasteiger partial charge is 0.150 e. The van der Waals surface area contributed by atoms with Gasteiger partial charge in [0.2, 0.25) is 0 Å². The van der Waals surface area contributed by atoms with Crippen LogP contribution in [0.3, 0.4) is 0 Å². The minimum Gasteiger partial charge on any atom is -0.491 e. The van der Waals surface area contributed by atoms with Crippen LogP contribution >= 0.6 is 11.6 Å². The summed E-state index contributed by atoms with van der Waals surface area (Å²) < 4.78 is 27.1. The second kappa shape index (κ2) is 6.23. The van der Waals surface area contributed by atoms with Crippen molar-refractivity contribution in [3.63, 3.8) is 0 Å². The van der Waals surface area contributed by atoms with Gasteiger partial charge in [-0.05, 0) is 30.7 Å². The van der Waals surface area contributed by atoms with E-state index < -0.39 is 9.84 Å². The third kappa shape index (κ3) is 5.39. The fraction of sp³-hybridized carbons (Fsp3) is 0.455. The zero-order chi connectivity index (χ0) is 12.9. The molecule has 0 spiro atoms. The van der Waals surface area contributed by atoms with Crippen molar-refractivity contribution >= 4 is 21.4 Å². The highest BCUT2D eigenvalue weighted by molar-refractivity contribution is 7.90. The van der Waals surface area contributed by atoms with Gasteiger partial charge < -0.3 is 10.5 Å². The molecule has 4 nitrogen and oxygen atoms in total. The Morgan fingerprint density at radius 2 is 2.12 bits per heavy atom. The first-order valence-electron chi connectivity index (χ1n) is 5.21. The summed E-state index contributed by atoms with van der Waals surface area (Å²) in [5.41, 5.74) is 6.47. The van der Waals surface area contributed by atoms with Gasteiger partial charge in [0.15, 0.2) is 9.84 Å². The van der Waals surface area contributed by atoms with E-state index in [2.05, 4.69) is 0 Å². The lowest BCUT2D eigenvalue weighted by Gasteiger charge is -2.08. The molecule has 0 aliphatic heterocycles. The first kappa shape index (κ1) is 14.3. The molecule has 96 valence electrons. The normalized spacial score (nSPS) is 11.5. The lowest BCUT2D eigenvalue weighted by atomic mass is 10.1. The predicted molar refractivity (Wildman–Crippen MR) is 69.4 cm³/mol. The molecule has 17 heavy (non-hydrogen) atoms. The Balaban J connectivity index is 2.60. The fourth-order valence-electron chi connectivity index (χ4n) is 1.29. The summed E-state index contributed by atoms with van der Waals surface area (Å²) in [6, 6.07) is 5.38. The molecule has 1 aromatic rings. The maximum atomic E-state index is 10.9. The summed E-state index contributed by atoms with van der Waals surface area (Å²) in [5, 5.41) is 0.476. The first-order chi connectivity index (χ1) is 7.92. The van der Waals surface area contributed by atoms with E-state index in [0.29, 0.717) is 17.3 Å². The van der Waals surface area contributed by atoms with Crippen molar-refractivity contribution in [1.29, 1.82) is 0 Å². The number of nitrogens with two attached hydrogens (primary N) is 1. The fourth-order valence-corrected chi connectivity index (χ4v) is 1.93. The minimum absolute atomic E-state index is 0.0200. The van der Waals surface area contributed by atoms with Crippen LogP contribution in [0.15, 0.2) is 18.2 Å². The highest BCUT2D eigenvalue weighted by Crippen LogP contribution is 2.25. The Morgan fingerprint density at radius 3 is 2.65 bits per heavy atom. The number of rotatable bonds is 6. The molecule has 0 aromatic heterocycles. The molecular weight excluding hydrogens is 262 g/mol. The Kier molecular flexibility index (Phi) is 5.24. The van der Waals surface area contributed by atoms with Crippen LogP contribution in [0.4, 0.5) is 0 Å². The second-order valence-corrected chi connectivity index (χ2v) is 6.45. The van der Waals surface area contributed by atoms with Crippen LogP contribution < -0.4 is 10.5 Å². The largest absolute Gasteiger partial charge is 0.491 e. The standard InChI is InChI=1S/C11H16ClNO3S/c1-17(14,15)7-6-16-11-3-2-9(4-5-13)8-10(11)12/h2-3,8H,4-7,13H2,1H3. The molecule has 0 bridgehead atoms. The highest BCUT2D eigenvalue weighted by atomic mass is 35.5. The lowest BCUT2D eigenvalue weighted by Crippen LogP contribution is -2.12. The number of ether oxygens (including phenoxy) is 1. The molecule has 0 fully saturated rings. The molecule has 0 amide bonds. The third-order valence-corrected chi connectivity index (χ3v) is 3.34. The number of hydrogen-bond donors (Lipinski definition) is 1. The minimum atomic E-state index is -3.01. The number of hydrogen-bond acceptors (Lipinski definition) is 4. The third-order valence-electron chi connectivity index (χ3n) is 2.14. The summed E-state index contributed by atoms with van der Waals surface area (Å²) in [5.74, 6) is 0.476. The monoisotopic (exact) mass is 277 g/mol. The van der Waals surface area contributed by atoms with Crippen LogP contribution in [0.5, 0.6) is 5.75 Å². The van der Waals surface area contributed by atoms with Crippen molar-refractivity contribution in [2.24, 2.45) is 5.73 Å². The molecule has 1 rings (SSSR count). The summed E-state index contributed by atoms with van der Waals surface area (Å²) in [4.78, 5) is 0. The molecule has 0 heterocycles. The van der Waals surface area contributed by atoms with E-state index in [4.69, 9.17) is 22.1 Å². The van der Waals surface area contributed by atoms with E-state index in [1.165, 1.54) is 6.26 Å². The van der Waals surface area contributed by atoms with E-state index in [9.17, 15) is 8.42 Å². The molecule has 0 aliphatic rings. The van der Waals surface area contributed by atoms with Gasteiger partial charge in [0.1, 0.15) is 12.4 Å².